The zero-order valence-corrected chi connectivity index (χ0v) is 27.1. The summed E-state index contributed by atoms with van der Waals surface area (Å²) in [6.45, 7) is 14.0. The predicted octanol–water partition coefficient (Wildman–Crippen LogP) is 7.12. The van der Waals surface area contributed by atoms with Gasteiger partial charge in [-0.2, -0.15) is 0 Å². The molecule has 0 aromatic heterocycles. The first kappa shape index (κ1) is 33.0. The number of fused-ring (bicyclic) bond motifs is 5. The fourth-order valence-electron chi connectivity index (χ4n) is 9.63. The molecule has 0 aromatic carbocycles. The molecule has 0 spiro atoms. The summed E-state index contributed by atoms with van der Waals surface area (Å²) in [5.74, 6) is 3.80. The van der Waals surface area contributed by atoms with Gasteiger partial charge in [0, 0.05) is 13.5 Å². The Morgan fingerprint density at radius 1 is 1.02 bits per heavy atom. The molecule has 4 aliphatic carbocycles. The molecule has 0 aromatic rings. The largest absolute Gasteiger partial charge is 0.462 e. The standard InChI is InChI=1S/C35H60O6/c1-25(8-7-16-33(2,3)37)29-11-12-30-28-10-9-26-24-27(13-17-34(26,4)31(28)14-18-35(29,30)5)41-32(36)15-19-39-22-23-40-21-20-38-6/h9,25,27-31,37H,7-8,10-24H2,1-6H3. The minimum absolute atomic E-state index is 0.00483. The highest BCUT2D eigenvalue weighted by molar-refractivity contribution is 5.69. The van der Waals surface area contributed by atoms with Gasteiger partial charge in [-0.25, -0.2) is 0 Å². The third-order valence-electron chi connectivity index (χ3n) is 11.8. The van der Waals surface area contributed by atoms with Crippen molar-refractivity contribution in [1.82, 2.24) is 0 Å². The minimum Gasteiger partial charge on any atom is -0.462 e. The highest BCUT2D eigenvalue weighted by Gasteiger charge is 2.59. The number of carbonyl (C=O) groups is 1. The van der Waals surface area contributed by atoms with Gasteiger partial charge in [0.15, 0.2) is 0 Å². The van der Waals surface area contributed by atoms with Crippen molar-refractivity contribution in [2.45, 2.75) is 123 Å². The van der Waals surface area contributed by atoms with Crippen LogP contribution in [0.3, 0.4) is 0 Å². The maximum absolute atomic E-state index is 12.5. The van der Waals surface area contributed by atoms with Crippen molar-refractivity contribution >= 4 is 5.97 Å². The van der Waals surface area contributed by atoms with Crippen LogP contribution >= 0.6 is 0 Å². The first-order valence-electron chi connectivity index (χ1n) is 16.7. The number of hydrogen-bond acceptors (Lipinski definition) is 6. The molecule has 4 rings (SSSR count). The Morgan fingerprint density at radius 2 is 1.76 bits per heavy atom. The van der Waals surface area contributed by atoms with Crippen LogP contribution < -0.4 is 0 Å². The summed E-state index contributed by atoms with van der Waals surface area (Å²) >= 11 is 0. The number of esters is 1. The van der Waals surface area contributed by atoms with Crippen molar-refractivity contribution in [2.75, 3.05) is 40.1 Å². The topological polar surface area (TPSA) is 74.2 Å². The summed E-state index contributed by atoms with van der Waals surface area (Å²) < 4.78 is 21.8. The maximum Gasteiger partial charge on any atom is 0.308 e. The first-order chi connectivity index (χ1) is 19.5. The molecule has 41 heavy (non-hydrogen) atoms. The lowest BCUT2D eigenvalue weighted by Crippen LogP contribution is -2.51. The Hall–Kier alpha value is -0.950. The van der Waals surface area contributed by atoms with Crippen LogP contribution in [0.4, 0.5) is 0 Å². The van der Waals surface area contributed by atoms with Crippen LogP contribution in [-0.4, -0.2) is 62.9 Å². The Kier molecular flexibility index (Phi) is 11.4. The monoisotopic (exact) mass is 576 g/mol. The van der Waals surface area contributed by atoms with Crippen molar-refractivity contribution in [2.24, 2.45) is 40.4 Å². The molecule has 4 aliphatic rings. The average Bonchev–Trinajstić information content (AvgIpc) is 3.27. The van der Waals surface area contributed by atoms with Gasteiger partial charge >= 0.3 is 5.97 Å². The lowest BCUT2D eigenvalue weighted by molar-refractivity contribution is -0.152. The summed E-state index contributed by atoms with van der Waals surface area (Å²) in [7, 11) is 1.65. The second kappa shape index (κ2) is 14.2. The van der Waals surface area contributed by atoms with E-state index < -0.39 is 5.60 Å². The van der Waals surface area contributed by atoms with E-state index >= 15 is 0 Å². The molecule has 8 unspecified atom stereocenters. The van der Waals surface area contributed by atoms with Gasteiger partial charge in [0.25, 0.3) is 0 Å². The van der Waals surface area contributed by atoms with Crippen molar-refractivity contribution in [1.29, 1.82) is 0 Å². The van der Waals surface area contributed by atoms with Crippen LogP contribution in [0.1, 0.15) is 112 Å². The second-order valence-corrected chi connectivity index (χ2v) is 15.0. The number of allylic oxidation sites excluding steroid dienone is 1. The van der Waals surface area contributed by atoms with Gasteiger partial charge in [0.2, 0.25) is 0 Å². The van der Waals surface area contributed by atoms with E-state index in [9.17, 15) is 9.90 Å². The van der Waals surface area contributed by atoms with Crippen molar-refractivity contribution in [3.8, 4) is 0 Å². The molecule has 236 valence electrons. The van der Waals surface area contributed by atoms with E-state index in [1.165, 1.54) is 38.5 Å². The molecule has 0 aliphatic heterocycles. The molecular weight excluding hydrogens is 516 g/mol. The molecule has 3 fully saturated rings. The molecule has 1 N–H and O–H groups in total. The van der Waals surface area contributed by atoms with Crippen molar-refractivity contribution in [3.05, 3.63) is 11.6 Å². The zero-order valence-electron chi connectivity index (χ0n) is 27.1. The molecule has 3 saturated carbocycles. The molecule has 0 heterocycles. The van der Waals surface area contributed by atoms with Crippen LogP contribution in [0.25, 0.3) is 0 Å². The number of aliphatic hydroxyl groups is 1. The maximum atomic E-state index is 12.5. The molecule has 8 atom stereocenters. The van der Waals surface area contributed by atoms with Gasteiger partial charge in [0.1, 0.15) is 6.10 Å². The Morgan fingerprint density at radius 3 is 2.49 bits per heavy atom. The van der Waals surface area contributed by atoms with E-state index in [2.05, 4.69) is 26.8 Å². The summed E-state index contributed by atoms with van der Waals surface area (Å²) in [5, 5.41) is 10.2. The van der Waals surface area contributed by atoms with Crippen molar-refractivity contribution < 1.29 is 28.8 Å². The molecular formula is C35H60O6. The predicted molar refractivity (Wildman–Crippen MR) is 163 cm³/mol. The summed E-state index contributed by atoms with van der Waals surface area (Å²) in [6.07, 6.45) is 15.8. The highest BCUT2D eigenvalue weighted by atomic mass is 16.6. The van der Waals surface area contributed by atoms with Crippen LogP contribution in [0.2, 0.25) is 0 Å². The molecule has 6 heteroatoms. The molecule has 0 amide bonds. The van der Waals surface area contributed by atoms with Gasteiger partial charge in [-0.3, -0.25) is 4.79 Å². The van der Waals surface area contributed by atoms with E-state index in [0.717, 1.165) is 61.7 Å². The second-order valence-electron chi connectivity index (χ2n) is 15.0. The zero-order chi connectivity index (χ0) is 29.7. The smallest absolute Gasteiger partial charge is 0.308 e. The summed E-state index contributed by atoms with van der Waals surface area (Å²) in [6, 6.07) is 0. The van der Waals surface area contributed by atoms with Crippen LogP contribution in [-0.2, 0) is 23.7 Å². The molecule has 0 bridgehead atoms. The quantitative estimate of drug-likeness (QED) is 0.127. The Bertz CT molecular complexity index is 878. The van der Waals surface area contributed by atoms with Gasteiger partial charge in [-0.05, 0) is 106 Å². The molecule has 6 nitrogen and oxygen atoms in total. The lowest BCUT2D eigenvalue weighted by atomic mass is 9.47. The fourth-order valence-corrected chi connectivity index (χ4v) is 9.63. The van der Waals surface area contributed by atoms with Gasteiger partial charge in [0.05, 0.1) is 45.1 Å². The molecule has 0 saturated heterocycles. The summed E-state index contributed by atoms with van der Waals surface area (Å²) in [5.41, 5.74) is 1.73. The Labute approximate surface area is 250 Å². The lowest BCUT2D eigenvalue weighted by Gasteiger charge is -2.58. The van der Waals surface area contributed by atoms with Gasteiger partial charge in [-0.1, -0.05) is 45.3 Å². The first-order valence-corrected chi connectivity index (χ1v) is 16.7. The Balaban J connectivity index is 1.26. The van der Waals surface area contributed by atoms with Gasteiger partial charge < -0.3 is 24.1 Å². The van der Waals surface area contributed by atoms with E-state index in [-0.39, 0.29) is 17.5 Å². The molecule has 0 radical (unpaired) electrons. The fraction of sp³-hybridized carbons (Fsp3) is 0.914. The number of carbonyl (C=O) groups excluding carboxylic acids is 1. The average molecular weight is 577 g/mol. The van der Waals surface area contributed by atoms with Crippen LogP contribution in [0.5, 0.6) is 0 Å². The number of hydrogen-bond donors (Lipinski definition) is 1. The highest BCUT2D eigenvalue weighted by Crippen LogP contribution is 2.67. The summed E-state index contributed by atoms with van der Waals surface area (Å²) in [4.78, 5) is 12.5. The third kappa shape index (κ3) is 7.96. The normalized spacial score (nSPS) is 35.7. The van der Waals surface area contributed by atoms with Crippen molar-refractivity contribution in [3.63, 3.8) is 0 Å². The van der Waals surface area contributed by atoms with Gasteiger partial charge in [-0.15, -0.1) is 0 Å². The van der Waals surface area contributed by atoms with Crippen LogP contribution in [0, 0.1) is 40.4 Å². The number of ether oxygens (including phenoxy) is 4. The SMILES string of the molecule is COCCOCCOCCC(=O)OC1CCC2(C)C(=CCC3C2CCC2(C)C(C(C)CCCC(C)(C)O)CCC32)C1. The van der Waals surface area contributed by atoms with E-state index in [0.29, 0.717) is 44.9 Å². The van der Waals surface area contributed by atoms with Crippen LogP contribution in [0.15, 0.2) is 11.6 Å². The van der Waals surface area contributed by atoms with E-state index in [4.69, 9.17) is 18.9 Å². The number of methoxy groups -OCH3 is 1. The van der Waals surface area contributed by atoms with E-state index in [1.807, 2.05) is 13.8 Å². The third-order valence-corrected chi connectivity index (χ3v) is 11.8. The number of rotatable bonds is 15. The van der Waals surface area contributed by atoms with E-state index in [1.54, 1.807) is 12.7 Å². The minimum atomic E-state index is -0.549.